The minimum atomic E-state index is 0.325. The summed E-state index contributed by atoms with van der Waals surface area (Å²) in [5, 5.41) is 5.12. The number of anilines is 1. The van der Waals surface area contributed by atoms with Crippen LogP contribution in [-0.2, 0) is 0 Å². The van der Waals surface area contributed by atoms with Gasteiger partial charge in [0.1, 0.15) is 0 Å². The van der Waals surface area contributed by atoms with E-state index in [1.165, 1.54) is 0 Å². The molecule has 19 heavy (non-hydrogen) atoms. The lowest BCUT2D eigenvalue weighted by molar-refractivity contribution is 0.296. The Kier molecular flexibility index (Phi) is 5.90. The quantitative estimate of drug-likeness (QED) is 0.779. The first-order chi connectivity index (χ1) is 8.73. The van der Waals surface area contributed by atoms with Gasteiger partial charge in [0.25, 0.3) is 0 Å². The number of halogens is 2. The molecule has 5 heteroatoms. The van der Waals surface area contributed by atoms with E-state index in [9.17, 15) is 0 Å². The molecule has 0 aliphatic carbocycles. The predicted molar refractivity (Wildman–Crippen MR) is 89.5 cm³/mol. The Labute approximate surface area is 131 Å². The van der Waals surface area contributed by atoms with Crippen molar-refractivity contribution in [2.45, 2.75) is 46.7 Å². The highest BCUT2D eigenvalue weighted by Gasteiger charge is 2.18. The fourth-order valence-electron chi connectivity index (χ4n) is 2.10. The van der Waals surface area contributed by atoms with Crippen molar-refractivity contribution in [3.63, 3.8) is 0 Å². The van der Waals surface area contributed by atoms with Crippen molar-refractivity contribution < 1.29 is 0 Å². The third-order valence-corrected chi connectivity index (χ3v) is 3.66. The molecule has 0 amide bonds. The van der Waals surface area contributed by atoms with Gasteiger partial charge in [-0.1, -0.05) is 23.2 Å². The number of nitrogens with zero attached hydrogens (tertiary/aromatic N) is 1. The summed E-state index contributed by atoms with van der Waals surface area (Å²) in [5.74, 6) is 0. The van der Waals surface area contributed by atoms with Crippen LogP contribution in [-0.4, -0.2) is 22.1 Å². The summed E-state index contributed by atoms with van der Waals surface area (Å²) < 4.78 is 0. The van der Waals surface area contributed by atoms with Crippen molar-refractivity contribution in [2.24, 2.45) is 0 Å². The third-order valence-electron chi connectivity index (χ3n) is 2.83. The molecule has 0 aliphatic rings. The molecule has 0 heterocycles. The van der Waals surface area contributed by atoms with Gasteiger partial charge in [-0.15, -0.1) is 0 Å². The van der Waals surface area contributed by atoms with Gasteiger partial charge in [-0.2, -0.15) is 0 Å². The number of rotatable bonds is 3. The third kappa shape index (κ3) is 4.23. The van der Waals surface area contributed by atoms with Gasteiger partial charge in [-0.05, 0) is 64.5 Å². The molecule has 0 atom stereocenters. The van der Waals surface area contributed by atoms with Crippen LogP contribution in [0, 0.1) is 6.92 Å². The summed E-state index contributed by atoms with van der Waals surface area (Å²) in [6.07, 6.45) is 0. The molecule has 1 aromatic rings. The molecule has 0 fully saturated rings. The molecular formula is C14H20Cl2N2S. The van der Waals surface area contributed by atoms with Crippen LogP contribution in [0.1, 0.15) is 33.3 Å². The number of thiocarbonyl (C=S) groups is 1. The minimum Gasteiger partial charge on any atom is -0.344 e. The molecular weight excluding hydrogens is 299 g/mol. The summed E-state index contributed by atoms with van der Waals surface area (Å²) in [6.45, 7) is 10.4. The normalized spacial score (nSPS) is 11.0. The first-order valence-corrected chi connectivity index (χ1v) is 7.45. The summed E-state index contributed by atoms with van der Waals surface area (Å²) in [7, 11) is 0. The molecule has 1 N–H and O–H groups in total. The zero-order valence-electron chi connectivity index (χ0n) is 11.9. The SMILES string of the molecule is Cc1cc(Cl)cc(Cl)c1NC(=S)N(C(C)C)C(C)C. The maximum atomic E-state index is 6.22. The maximum Gasteiger partial charge on any atom is 0.173 e. The highest BCUT2D eigenvalue weighted by atomic mass is 35.5. The summed E-state index contributed by atoms with van der Waals surface area (Å²) >= 11 is 17.7. The lowest BCUT2D eigenvalue weighted by atomic mass is 10.2. The lowest BCUT2D eigenvalue weighted by Gasteiger charge is -2.33. The molecule has 0 spiro atoms. The van der Waals surface area contributed by atoms with Crippen molar-refractivity contribution in [1.82, 2.24) is 4.90 Å². The highest BCUT2D eigenvalue weighted by molar-refractivity contribution is 7.80. The van der Waals surface area contributed by atoms with E-state index in [0.717, 1.165) is 11.3 Å². The van der Waals surface area contributed by atoms with Crippen molar-refractivity contribution in [1.29, 1.82) is 0 Å². The van der Waals surface area contributed by atoms with Crippen molar-refractivity contribution in [3.8, 4) is 0 Å². The zero-order chi connectivity index (χ0) is 14.7. The second kappa shape index (κ2) is 6.78. The van der Waals surface area contributed by atoms with E-state index < -0.39 is 0 Å². The van der Waals surface area contributed by atoms with E-state index in [-0.39, 0.29) is 0 Å². The average molecular weight is 319 g/mol. The van der Waals surface area contributed by atoms with E-state index in [2.05, 4.69) is 37.9 Å². The molecule has 0 bridgehead atoms. The maximum absolute atomic E-state index is 6.22. The Morgan fingerprint density at radius 1 is 1.16 bits per heavy atom. The van der Waals surface area contributed by atoms with Gasteiger partial charge in [-0.25, -0.2) is 0 Å². The molecule has 0 saturated heterocycles. The van der Waals surface area contributed by atoms with Gasteiger partial charge in [0.05, 0.1) is 10.7 Å². The van der Waals surface area contributed by atoms with E-state index in [4.69, 9.17) is 35.4 Å². The van der Waals surface area contributed by atoms with Crippen LogP contribution in [0.25, 0.3) is 0 Å². The zero-order valence-corrected chi connectivity index (χ0v) is 14.2. The van der Waals surface area contributed by atoms with E-state index in [1.54, 1.807) is 6.07 Å². The van der Waals surface area contributed by atoms with Crippen LogP contribution < -0.4 is 5.32 Å². The molecule has 0 unspecified atom stereocenters. The summed E-state index contributed by atoms with van der Waals surface area (Å²) in [5.41, 5.74) is 1.80. The second-order valence-corrected chi connectivity index (χ2v) is 6.33. The van der Waals surface area contributed by atoms with Crippen LogP contribution in [0.5, 0.6) is 0 Å². The van der Waals surface area contributed by atoms with Crippen molar-refractivity contribution in [2.75, 3.05) is 5.32 Å². The van der Waals surface area contributed by atoms with Crippen molar-refractivity contribution >= 4 is 46.2 Å². The number of benzene rings is 1. The number of hydrogen-bond donors (Lipinski definition) is 1. The Morgan fingerprint density at radius 2 is 1.68 bits per heavy atom. The smallest absolute Gasteiger partial charge is 0.173 e. The Bertz CT molecular complexity index is 442. The molecule has 0 aliphatic heterocycles. The van der Waals surface area contributed by atoms with Gasteiger partial charge in [0.2, 0.25) is 0 Å². The Balaban J connectivity index is 2.99. The predicted octanol–water partition coefficient (Wildman–Crippen LogP) is 5.12. The molecule has 1 aromatic carbocycles. The molecule has 0 radical (unpaired) electrons. The summed E-state index contributed by atoms with van der Waals surface area (Å²) in [6, 6.07) is 4.24. The fourth-order valence-corrected chi connectivity index (χ4v) is 3.26. The average Bonchev–Trinajstić information content (AvgIpc) is 2.22. The largest absolute Gasteiger partial charge is 0.344 e. The van der Waals surface area contributed by atoms with Crippen LogP contribution >= 0.6 is 35.4 Å². The molecule has 1 rings (SSSR count). The minimum absolute atomic E-state index is 0.325. The topological polar surface area (TPSA) is 15.3 Å². The lowest BCUT2D eigenvalue weighted by Crippen LogP contribution is -2.44. The standard InChI is InChI=1S/C14H20Cl2N2S/c1-8(2)18(9(3)4)14(19)17-13-10(5)6-11(15)7-12(13)16/h6-9H,1-5H3,(H,17,19). The van der Waals surface area contributed by atoms with E-state index >= 15 is 0 Å². The van der Waals surface area contributed by atoms with Gasteiger partial charge >= 0.3 is 0 Å². The number of aryl methyl sites for hydroxylation is 1. The van der Waals surface area contributed by atoms with Gasteiger partial charge < -0.3 is 10.2 Å². The molecule has 0 saturated carbocycles. The monoisotopic (exact) mass is 318 g/mol. The van der Waals surface area contributed by atoms with Gasteiger partial charge in [0.15, 0.2) is 5.11 Å². The van der Waals surface area contributed by atoms with Crippen LogP contribution in [0.15, 0.2) is 12.1 Å². The van der Waals surface area contributed by atoms with Crippen LogP contribution in [0.4, 0.5) is 5.69 Å². The van der Waals surface area contributed by atoms with E-state index in [0.29, 0.717) is 27.2 Å². The van der Waals surface area contributed by atoms with Gasteiger partial charge in [0, 0.05) is 17.1 Å². The molecule has 106 valence electrons. The Hall–Kier alpha value is -0.510. The number of nitrogens with one attached hydrogen (secondary N) is 1. The molecule has 2 nitrogen and oxygen atoms in total. The highest BCUT2D eigenvalue weighted by Crippen LogP contribution is 2.30. The summed E-state index contributed by atoms with van der Waals surface area (Å²) in [4.78, 5) is 2.14. The first kappa shape index (κ1) is 16.5. The number of hydrogen-bond acceptors (Lipinski definition) is 1. The fraction of sp³-hybridized carbons (Fsp3) is 0.500. The van der Waals surface area contributed by atoms with Crippen LogP contribution in [0.3, 0.4) is 0 Å². The first-order valence-electron chi connectivity index (χ1n) is 6.29. The van der Waals surface area contributed by atoms with Gasteiger partial charge in [-0.3, -0.25) is 0 Å². The van der Waals surface area contributed by atoms with E-state index in [1.807, 2.05) is 13.0 Å². The molecule has 0 aromatic heterocycles. The second-order valence-electron chi connectivity index (χ2n) is 5.10. The van der Waals surface area contributed by atoms with Crippen molar-refractivity contribution in [3.05, 3.63) is 27.7 Å². The van der Waals surface area contributed by atoms with Crippen LogP contribution in [0.2, 0.25) is 10.0 Å². The Morgan fingerprint density at radius 3 is 2.11 bits per heavy atom.